The van der Waals surface area contributed by atoms with Gasteiger partial charge in [0.05, 0.1) is 11.4 Å². The fourth-order valence-corrected chi connectivity index (χ4v) is 6.24. The van der Waals surface area contributed by atoms with Crippen molar-refractivity contribution in [2.24, 2.45) is 11.8 Å². The molecule has 4 heterocycles. The summed E-state index contributed by atoms with van der Waals surface area (Å²) in [6.07, 6.45) is 3.61. The van der Waals surface area contributed by atoms with Gasteiger partial charge in [-0.15, -0.1) is 0 Å². The van der Waals surface area contributed by atoms with E-state index in [2.05, 4.69) is 16.0 Å². The molecule has 1 aromatic carbocycles. The molecule has 4 unspecified atom stereocenters. The van der Waals surface area contributed by atoms with Gasteiger partial charge < -0.3 is 19.6 Å². The van der Waals surface area contributed by atoms with Crippen LogP contribution in [-0.4, -0.2) is 48.7 Å². The number of hydrogen-bond acceptors (Lipinski definition) is 4. The molecule has 0 radical (unpaired) electrons. The molecule has 2 saturated heterocycles. The van der Waals surface area contributed by atoms with E-state index in [1.807, 2.05) is 18.2 Å². The van der Waals surface area contributed by atoms with Crippen LogP contribution in [0.25, 0.3) is 10.9 Å². The van der Waals surface area contributed by atoms with Gasteiger partial charge in [-0.3, -0.25) is 4.90 Å². The summed E-state index contributed by atoms with van der Waals surface area (Å²) in [5.74, 6) is -0.149. The summed E-state index contributed by atoms with van der Waals surface area (Å²) in [6.45, 7) is 2.63. The van der Waals surface area contributed by atoms with Crippen molar-refractivity contribution in [3.63, 3.8) is 0 Å². The Morgan fingerprint density at radius 1 is 1.41 bits per heavy atom. The van der Waals surface area contributed by atoms with E-state index in [0.29, 0.717) is 24.9 Å². The molecule has 138 valence electrons. The largest absolute Gasteiger partial charge is 1.00 e. The smallest absolute Gasteiger partial charge is 0.549 e. The number of methoxy groups -OCH3 is 1. The van der Waals surface area contributed by atoms with Crippen LogP contribution >= 0.6 is 0 Å². The number of carbonyl (C=O) groups excluding carboxylic acids is 1. The Morgan fingerprint density at radius 2 is 2.22 bits per heavy atom. The van der Waals surface area contributed by atoms with E-state index >= 15 is 0 Å². The predicted octanol–water partition coefficient (Wildman–Crippen LogP) is -1.54. The van der Waals surface area contributed by atoms with Crippen LogP contribution in [-0.2, 0) is 21.4 Å². The fraction of sp³-hybridized carbons (Fsp3) is 0.571. The molecule has 1 aliphatic carbocycles. The van der Waals surface area contributed by atoms with Crippen LogP contribution in [0.2, 0.25) is 0 Å². The van der Waals surface area contributed by atoms with Gasteiger partial charge in [-0.1, -0.05) is 18.2 Å². The Kier molecular flexibility index (Phi) is 5.19. The quantitative estimate of drug-likeness (QED) is 0.657. The van der Waals surface area contributed by atoms with E-state index in [1.165, 1.54) is 10.9 Å². The summed E-state index contributed by atoms with van der Waals surface area (Å²) in [7, 11) is 1.72. The van der Waals surface area contributed by atoms with Crippen molar-refractivity contribution in [3.8, 4) is 0 Å². The second-order valence-electron chi connectivity index (χ2n) is 8.32. The van der Waals surface area contributed by atoms with Crippen LogP contribution in [0.15, 0.2) is 24.3 Å². The molecular formula is C21H25N2NaO3. The standard InChI is InChI=1S/C21H26N2O3.Na/c1-26-9-7-14-10-13-11-21(20(24)25)18-16(6-8-23(12-13)19(14)21)15-4-2-3-5-17(15)22-18;/h2-5,13-14,19,22H,6-12H2,1H3,(H,24,25);/q;+1/p-1/t13?,14?,19?,21-;/m1./s1. The second-order valence-corrected chi connectivity index (χ2v) is 8.32. The first-order valence-electron chi connectivity index (χ1n) is 9.69. The zero-order chi connectivity index (χ0) is 17.9. The minimum atomic E-state index is -0.926. The van der Waals surface area contributed by atoms with Crippen LogP contribution in [0.3, 0.4) is 0 Å². The zero-order valence-electron chi connectivity index (χ0n) is 16.2. The van der Waals surface area contributed by atoms with Crippen LogP contribution in [0.1, 0.15) is 30.5 Å². The van der Waals surface area contributed by atoms with Gasteiger partial charge >= 0.3 is 29.6 Å². The van der Waals surface area contributed by atoms with Crippen molar-refractivity contribution in [2.75, 3.05) is 26.8 Å². The van der Waals surface area contributed by atoms with Gasteiger partial charge in [0.1, 0.15) is 0 Å². The summed E-state index contributed by atoms with van der Waals surface area (Å²) < 4.78 is 5.33. The molecular weight excluding hydrogens is 351 g/mol. The molecule has 1 N–H and O–H groups in total. The van der Waals surface area contributed by atoms with Crippen molar-refractivity contribution in [1.82, 2.24) is 9.88 Å². The van der Waals surface area contributed by atoms with Gasteiger partial charge in [0.15, 0.2) is 0 Å². The number of piperidine rings is 2. The SMILES string of the molecule is COCCC1CC2CN3CCc4c([nH]c5ccccc45)[C@](C(=O)[O-])(C2)C13.[Na+]. The average Bonchev–Trinajstić information content (AvgIpc) is 2.99. The molecule has 5 nitrogen and oxygen atoms in total. The number of carbonyl (C=O) groups is 1. The van der Waals surface area contributed by atoms with Crippen molar-refractivity contribution in [2.45, 2.75) is 37.1 Å². The Labute approximate surface area is 181 Å². The van der Waals surface area contributed by atoms with E-state index in [-0.39, 0.29) is 35.6 Å². The van der Waals surface area contributed by atoms with E-state index in [4.69, 9.17) is 4.74 Å². The zero-order valence-corrected chi connectivity index (χ0v) is 18.2. The van der Waals surface area contributed by atoms with Gasteiger partial charge in [-0.05, 0) is 49.1 Å². The van der Waals surface area contributed by atoms with Crippen LogP contribution < -0.4 is 34.7 Å². The monoisotopic (exact) mass is 376 g/mol. The second kappa shape index (κ2) is 7.20. The topological polar surface area (TPSA) is 68.4 Å². The third kappa shape index (κ3) is 2.74. The molecule has 4 aliphatic rings. The summed E-state index contributed by atoms with van der Waals surface area (Å²) in [5, 5.41) is 13.9. The molecule has 0 amide bonds. The first kappa shape index (κ1) is 19.5. The molecule has 6 rings (SSSR count). The summed E-state index contributed by atoms with van der Waals surface area (Å²) in [4.78, 5) is 18.7. The maximum Gasteiger partial charge on any atom is 1.00 e. The number of nitrogens with zero attached hydrogens (tertiary/aromatic N) is 1. The molecule has 6 heteroatoms. The molecule has 2 aromatic rings. The van der Waals surface area contributed by atoms with Crippen LogP contribution in [0.5, 0.6) is 0 Å². The number of carboxylic acid groups (broad SMARTS) is 1. The predicted molar refractivity (Wildman–Crippen MR) is 96.8 cm³/mol. The molecule has 3 aliphatic heterocycles. The van der Waals surface area contributed by atoms with E-state index in [0.717, 1.165) is 43.6 Å². The molecule has 1 aromatic heterocycles. The minimum absolute atomic E-state index is 0. The number of H-pyrrole nitrogens is 1. The number of ether oxygens (including phenoxy) is 1. The molecule has 5 atom stereocenters. The number of nitrogens with one attached hydrogen (secondary N) is 1. The van der Waals surface area contributed by atoms with Crippen molar-refractivity contribution in [3.05, 3.63) is 35.5 Å². The van der Waals surface area contributed by atoms with Crippen molar-refractivity contribution < 1.29 is 44.2 Å². The molecule has 3 fully saturated rings. The fourth-order valence-electron chi connectivity index (χ4n) is 6.24. The van der Waals surface area contributed by atoms with E-state index < -0.39 is 11.4 Å². The maximum atomic E-state index is 12.7. The number of para-hydroxylation sites is 1. The number of aliphatic carboxylic acids is 1. The number of hydrogen-bond donors (Lipinski definition) is 1. The third-order valence-electron chi connectivity index (χ3n) is 7.05. The van der Waals surface area contributed by atoms with Crippen LogP contribution in [0, 0.1) is 11.8 Å². The van der Waals surface area contributed by atoms with Gasteiger partial charge in [0, 0.05) is 49.4 Å². The first-order valence-corrected chi connectivity index (χ1v) is 9.69. The molecule has 4 bridgehead atoms. The Balaban J connectivity index is 0.00000180. The first-order chi connectivity index (χ1) is 12.6. The van der Waals surface area contributed by atoms with E-state index in [9.17, 15) is 9.90 Å². The van der Waals surface area contributed by atoms with Gasteiger partial charge in [-0.2, -0.15) is 0 Å². The number of carboxylic acids is 1. The Bertz CT molecular complexity index is 866. The molecule has 1 saturated carbocycles. The molecule has 27 heavy (non-hydrogen) atoms. The third-order valence-corrected chi connectivity index (χ3v) is 7.05. The summed E-state index contributed by atoms with van der Waals surface area (Å²) in [5.41, 5.74) is 2.22. The number of benzene rings is 1. The normalized spacial score (nSPS) is 34.0. The summed E-state index contributed by atoms with van der Waals surface area (Å²) in [6, 6.07) is 8.20. The number of aromatic nitrogens is 1. The van der Waals surface area contributed by atoms with E-state index in [1.54, 1.807) is 7.11 Å². The van der Waals surface area contributed by atoms with Crippen molar-refractivity contribution >= 4 is 16.9 Å². The van der Waals surface area contributed by atoms with Gasteiger partial charge in [-0.25, -0.2) is 0 Å². The number of aromatic amines is 1. The Hall–Kier alpha value is -0.850. The van der Waals surface area contributed by atoms with Crippen LogP contribution in [0.4, 0.5) is 0 Å². The number of fused-ring (bicyclic) bond motifs is 4. The Morgan fingerprint density at radius 3 is 3.00 bits per heavy atom. The maximum absolute atomic E-state index is 12.7. The van der Waals surface area contributed by atoms with Gasteiger partial charge in [0.2, 0.25) is 0 Å². The minimum Gasteiger partial charge on any atom is -0.549 e. The average molecular weight is 376 g/mol. The molecule has 0 spiro atoms. The summed E-state index contributed by atoms with van der Waals surface area (Å²) >= 11 is 0. The van der Waals surface area contributed by atoms with Gasteiger partial charge in [0.25, 0.3) is 0 Å². The van der Waals surface area contributed by atoms with Crippen molar-refractivity contribution in [1.29, 1.82) is 0 Å². The number of rotatable bonds is 4.